The van der Waals surface area contributed by atoms with Gasteiger partial charge in [0.15, 0.2) is 0 Å². The summed E-state index contributed by atoms with van der Waals surface area (Å²) in [5.41, 5.74) is 1.23. The van der Waals surface area contributed by atoms with Gasteiger partial charge < -0.3 is 0 Å². The van der Waals surface area contributed by atoms with E-state index in [0.29, 0.717) is 0 Å². The Kier molecular flexibility index (Phi) is 2.88. The van der Waals surface area contributed by atoms with Gasteiger partial charge in [-0.3, -0.25) is 0 Å². The lowest BCUT2D eigenvalue weighted by Gasteiger charge is -2.05. The summed E-state index contributed by atoms with van der Waals surface area (Å²) < 4.78 is 3.98. The number of alkyl halides is 1. The zero-order chi connectivity index (χ0) is 12.8. The molecule has 0 aliphatic carbocycles. The van der Waals surface area contributed by atoms with E-state index in [2.05, 4.69) is 47.2 Å². The lowest BCUT2D eigenvalue weighted by Crippen LogP contribution is -1.87. The van der Waals surface area contributed by atoms with Crippen LogP contribution in [0.3, 0.4) is 0 Å². The van der Waals surface area contributed by atoms with Crippen molar-refractivity contribution in [1.29, 1.82) is 0 Å². The van der Waals surface area contributed by atoms with E-state index in [1.54, 1.807) is 34.0 Å². The Balaban J connectivity index is 1.84. The van der Waals surface area contributed by atoms with Gasteiger partial charge in [-0.05, 0) is 39.9 Å². The van der Waals surface area contributed by atoms with Crippen LogP contribution in [0.5, 0.6) is 0 Å². The molecule has 0 nitrogen and oxygen atoms in total. The van der Waals surface area contributed by atoms with Crippen molar-refractivity contribution in [2.45, 2.75) is 5.38 Å². The first-order valence-electron chi connectivity index (χ1n) is 5.90. The zero-order valence-corrected chi connectivity index (χ0v) is 13.0. The maximum atomic E-state index is 6.70. The Morgan fingerprint density at radius 2 is 1.84 bits per heavy atom. The minimum atomic E-state index is -0.0410. The molecule has 0 aliphatic rings. The molecular weight excluding hydrogens is 312 g/mol. The van der Waals surface area contributed by atoms with Crippen LogP contribution in [0.15, 0.2) is 47.2 Å². The Bertz CT molecular complexity index is 824. The first-order chi connectivity index (χ1) is 9.33. The first kappa shape index (κ1) is 11.9. The normalized spacial score (nSPS) is 13.3. The molecule has 4 heteroatoms. The third kappa shape index (κ3) is 1.93. The highest BCUT2D eigenvalue weighted by molar-refractivity contribution is 7.27. The fraction of sp³-hybridized carbons (Fsp3) is 0.0667. The van der Waals surface area contributed by atoms with Gasteiger partial charge in [-0.1, -0.05) is 18.2 Å². The molecule has 4 rings (SSSR count). The first-order valence-corrected chi connectivity index (χ1v) is 8.91. The van der Waals surface area contributed by atoms with Crippen LogP contribution in [-0.2, 0) is 0 Å². The fourth-order valence-corrected chi connectivity index (χ4v) is 5.81. The van der Waals surface area contributed by atoms with Crippen LogP contribution in [0.2, 0.25) is 0 Å². The second-order valence-electron chi connectivity index (χ2n) is 4.35. The summed E-state index contributed by atoms with van der Waals surface area (Å²) in [5.74, 6) is 0. The molecule has 0 saturated heterocycles. The highest BCUT2D eigenvalue weighted by atomic mass is 35.5. The van der Waals surface area contributed by atoms with E-state index in [9.17, 15) is 0 Å². The molecule has 0 bridgehead atoms. The van der Waals surface area contributed by atoms with Gasteiger partial charge in [0.25, 0.3) is 0 Å². The number of halogens is 1. The van der Waals surface area contributed by atoms with Crippen LogP contribution in [0.1, 0.15) is 15.8 Å². The number of benzene rings is 1. The maximum Gasteiger partial charge on any atom is 0.0942 e. The SMILES string of the molecule is ClC(c1cc2sccc2s1)c1csc2ccccc12. The van der Waals surface area contributed by atoms with Crippen molar-refractivity contribution in [2.75, 3.05) is 0 Å². The third-order valence-corrected chi connectivity index (χ3v) is 6.93. The quantitative estimate of drug-likeness (QED) is 0.369. The Morgan fingerprint density at radius 1 is 0.947 bits per heavy atom. The van der Waals surface area contributed by atoms with Crippen molar-refractivity contribution in [3.8, 4) is 0 Å². The molecule has 0 fully saturated rings. The number of rotatable bonds is 2. The highest BCUT2D eigenvalue weighted by Crippen LogP contribution is 2.42. The van der Waals surface area contributed by atoms with Crippen LogP contribution in [0.25, 0.3) is 19.5 Å². The molecule has 4 aromatic rings. The molecule has 3 aromatic heterocycles. The van der Waals surface area contributed by atoms with Crippen LogP contribution in [0.4, 0.5) is 0 Å². The minimum Gasteiger partial charge on any atom is -0.143 e. The molecule has 3 heterocycles. The van der Waals surface area contributed by atoms with Crippen LogP contribution in [0, 0.1) is 0 Å². The smallest absolute Gasteiger partial charge is 0.0942 e. The summed E-state index contributed by atoms with van der Waals surface area (Å²) in [6, 6.07) is 12.9. The Labute approximate surface area is 127 Å². The molecular formula is C15H9ClS3. The van der Waals surface area contributed by atoms with Crippen molar-refractivity contribution >= 4 is 65.1 Å². The topological polar surface area (TPSA) is 0 Å². The third-order valence-electron chi connectivity index (χ3n) is 3.19. The second-order valence-corrected chi connectivity index (χ2v) is 7.76. The van der Waals surface area contributed by atoms with E-state index < -0.39 is 0 Å². The van der Waals surface area contributed by atoms with Gasteiger partial charge in [0.2, 0.25) is 0 Å². The van der Waals surface area contributed by atoms with E-state index in [1.165, 1.54) is 29.9 Å². The summed E-state index contributed by atoms with van der Waals surface area (Å²) in [6.07, 6.45) is 0. The molecule has 0 saturated carbocycles. The van der Waals surface area contributed by atoms with E-state index >= 15 is 0 Å². The molecule has 1 aromatic carbocycles. The Morgan fingerprint density at radius 3 is 2.74 bits per heavy atom. The van der Waals surface area contributed by atoms with E-state index in [4.69, 9.17) is 11.6 Å². The van der Waals surface area contributed by atoms with E-state index in [0.717, 1.165) is 0 Å². The standard InChI is InChI=1S/C15H9ClS3/c16-15(14-7-13-12(19-14)5-6-17-13)10-8-18-11-4-2-1-3-9(10)11/h1-8,15H. The molecule has 0 radical (unpaired) electrons. The number of hydrogen-bond acceptors (Lipinski definition) is 3. The summed E-state index contributed by atoms with van der Waals surface area (Å²) in [6.45, 7) is 0. The van der Waals surface area contributed by atoms with Gasteiger partial charge in [0.1, 0.15) is 0 Å². The molecule has 0 aliphatic heterocycles. The van der Waals surface area contributed by atoms with Gasteiger partial charge in [0, 0.05) is 19.0 Å². The van der Waals surface area contributed by atoms with Crippen molar-refractivity contribution in [3.63, 3.8) is 0 Å². The summed E-state index contributed by atoms with van der Waals surface area (Å²) in [7, 11) is 0. The van der Waals surface area contributed by atoms with E-state index in [1.807, 2.05) is 0 Å². The average molecular weight is 321 g/mol. The summed E-state index contributed by atoms with van der Waals surface area (Å²) in [5, 5.41) is 5.56. The van der Waals surface area contributed by atoms with Crippen molar-refractivity contribution in [1.82, 2.24) is 0 Å². The largest absolute Gasteiger partial charge is 0.143 e. The monoisotopic (exact) mass is 320 g/mol. The van der Waals surface area contributed by atoms with E-state index in [-0.39, 0.29) is 5.38 Å². The van der Waals surface area contributed by atoms with Gasteiger partial charge in [-0.2, -0.15) is 0 Å². The lowest BCUT2D eigenvalue weighted by molar-refractivity contribution is 1.22. The molecule has 0 spiro atoms. The maximum absolute atomic E-state index is 6.70. The average Bonchev–Trinajstić information content (AvgIpc) is 3.11. The van der Waals surface area contributed by atoms with Gasteiger partial charge >= 0.3 is 0 Å². The predicted octanol–water partition coefficient (Wildman–Crippen LogP) is 6.51. The molecule has 0 amide bonds. The molecule has 1 atom stereocenters. The fourth-order valence-electron chi connectivity index (χ4n) is 2.26. The predicted molar refractivity (Wildman–Crippen MR) is 89.2 cm³/mol. The number of thiophene rings is 3. The van der Waals surface area contributed by atoms with Gasteiger partial charge in [-0.15, -0.1) is 45.6 Å². The zero-order valence-electron chi connectivity index (χ0n) is 9.80. The minimum absolute atomic E-state index is 0.0410. The lowest BCUT2D eigenvalue weighted by atomic mass is 10.1. The summed E-state index contributed by atoms with van der Waals surface area (Å²) >= 11 is 12.1. The number of hydrogen-bond donors (Lipinski definition) is 0. The summed E-state index contributed by atoms with van der Waals surface area (Å²) in [4.78, 5) is 1.24. The Hall–Kier alpha value is -0.870. The van der Waals surface area contributed by atoms with Crippen molar-refractivity contribution < 1.29 is 0 Å². The molecule has 1 unspecified atom stereocenters. The van der Waals surface area contributed by atoms with Crippen LogP contribution < -0.4 is 0 Å². The van der Waals surface area contributed by atoms with Crippen molar-refractivity contribution in [2.24, 2.45) is 0 Å². The highest BCUT2D eigenvalue weighted by Gasteiger charge is 2.18. The van der Waals surface area contributed by atoms with Gasteiger partial charge in [-0.25, -0.2) is 0 Å². The molecule has 19 heavy (non-hydrogen) atoms. The molecule has 94 valence electrons. The van der Waals surface area contributed by atoms with Crippen molar-refractivity contribution in [3.05, 3.63) is 57.6 Å². The second kappa shape index (κ2) is 4.60. The van der Waals surface area contributed by atoms with Crippen LogP contribution in [-0.4, -0.2) is 0 Å². The van der Waals surface area contributed by atoms with Gasteiger partial charge in [0.05, 0.1) is 5.38 Å². The number of fused-ring (bicyclic) bond motifs is 2. The molecule has 0 N–H and O–H groups in total. The van der Waals surface area contributed by atoms with Crippen LogP contribution >= 0.6 is 45.6 Å².